The average Bonchev–Trinajstić information content (AvgIpc) is 3.36. The van der Waals surface area contributed by atoms with Crippen molar-refractivity contribution in [3.05, 3.63) is 63.8 Å². The van der Waals surface area contributed by atoms with Crippen LogP contribution in [0.15, 0.2) is 36.5 Å². The first-order valence-corrected chi connectivity index (χ1v) is 11.3. The van der Waals surface area contributed by atoms with Crippen LogP contribution in [0.5, 0.6) is 5.75 Å². The number of aryl methyl sites for hydroxylation is 1. The first kappa shape index (κ1) is 21.1. The zero-order valence-electron chi connectivity index (χ0n) is 18.1. The van der Waals surface area contributed by atoms with Gasteiger partial charge in [0.25, 0.3) is 5.91 Å². The molecule has 0 aliphatic heterocycles. The van der Waals surface area contributed by atoms with E-state index in [4.69, 9.17) is 4.74 Å². The van der Waals surface area contributed by atoms with Gasteiger partial charge in [0.1, 0.15) is 16.8 Å². The van der Waals surface area contributed by atoms with E-state index >= 15 is 0 Å². The number of hydrogen-bond donors (Lipinski definition) is 1. The summed E-state index contributed by atoms with van der Waals surface area (Å²) in [5, 5.41) is 17.4. The fourth-order valence-electron chi connectivity index (χ4n) is 3.69. The highest BCUT2D eigenvalue weighted by Crippen LogP contribution is 2.37. The summed E-state index contributed by atoms with van der Waals surface area (Å²) < 4.78 is 7.37. The van der Waals surface area contributed by atoms with Gasteiger partial charge in [0.15, 0.2) is 12.4 Å². The van der Waals surface area contributed by atoms with Crippen molar-refractivity contribution in [3.8, 4) is 11.8 Å². The van der Waals surface area contributed by atoms with Gasteiger partial charge in [-0.3, -0.25) is 4.79 Å². The van der Waals surface area contributed by atoms with Gasteiger partial charge in [0.05, 0.1) is 5.56 Å². The number of carbonyl (C=O) groups excluding carboxylic acids is 1. The normalized spacial score (nSPS) is 13.4. The molecule has 1 N–H and O–H groups in total. The van der Waals surface area contributed by atoms with Gasteiger partial charge in [-0.25, -0.2) is 4.68 Å². The molecule has 1 amide bonds. The summed E-state index contributed by atoms with van der Waals surface area (Å²) in [7, 11) is 0. The number of amides is 1. The minimum absolute atomic E-state index is 0.0933. The Morgan fingerprint density at radius 1 is 1.23 bits per heavy atom. The van der Waals surface area contributed by atoms with Gasteiger partial charge in [0.2, 0.25) is 0 Å². The standard InChI is InChI=1S/C24H26N4O2S/c1-24(2,3)16-8-10-17(11-9-16)30-15-28-13-12-20(27-28)22(29)26-23-19(14-25)18-6-4-5-7-21(18)31-23/h8-13H,4-7,15H2,1-3H3,(H,26,29). The molecule has 1 aliphatic rings. The van der Waals surface area contributed by atoms with E-state index in [0.29, 0.717) is 16.3 Å². The van der Waals surface area contributed by atoms with Crippen LogP contribution in [0.1, 0.15) is 65.7 Å². The Hall–Kier alpha value is -3.11. The van der Waals surface area contributed by atoms with Crippen molar-refractivity contribution in [3.63, 3.8) is 0 Å². The lowest BCUT2D eigenvalue weighted by Crippen LogP contribution is -2.14. The largest absolute Gasteiger partial charge is 0.471 e. The van der Waals surface area contributed by atoms with E-state index in [1.807, 2.05) is 12.1 Å². The van der Waals surface area contributed by atoms with Crippen molar-refractivity contribution in [1.82, 2.24) is 9.78 Å². The molecule has 4 rings (SSSR count). The maximum Gasteiger partial charge on any atom is 0.276 e. The lowest BCUT2D eigenvalue weighted by Gasteiger charge is -2.19. The van der Waals surface area contributed by atoms with Crippen LogP contribution in [0.25, 0.3) is 0 Å². The second-order valence-corrected chi connectivity index (χ2v) is 9.87. The van der Waals surface area contributed by atoms with Gasteiger partial charge < -0.3 is 10.1 Å². The second kappa shape index (κ2) is 8.56. The Balaban J connectivity index is 1.39. The molecule has 0 saturated heterocycles. The number of rotatable bonds is 5. The first-order chi connectivity index (χ1) is 14.8. The van der Waals surface area contributed by atoms with Crippen LogP contribution in [0.2, 0.25) is 0 Å². The smallest absolute Gasteiger partial charge is 0.276 e. The summed E-state index contributed by atoms with van der Waals surface area (Å²) in [5.41, 5.74) is 3.34. The van der Waals surface area contributed by atoms with E-state index in [2.05, 4.69) is 49.4 Å². The summed E-state index contributed by atoms with van der Waals surface area (Å²) >= 11 is 1.51. The molecule has 1 aromatic carbocycles. The Kier molecular flexibility index (Phi) is 5.84. The first-order valence-electron chi connectivity index (χ1n) is 10.5. The number of carbonyl (C=O) groups is 1. The number of fused-ring (bicyclic) bond motifs is 1. The van der Waals surface area contributed by atoms with Crippen molar-refractivity contribution in [2.45, 2.75) is 58.6 Å². The summed E-state index contributed by atoms with van der Waals surface area (Å²) in [6.07, 6.45) is 5.83. The van der Waals surface area contributed by atoms with Crippen LogP contribution in [-0.2, 0) is 25.0 Å². The van der Waals surface area contributed by atoms with Crippen LogP contribution >= 0.6 is 11.3 Å². The third kappa shape index (κ3) is 4.64. The van der Waals surface area contributed by atoms with E-state index in [-0.39, 0.29) is 18.1 Å². The summed E-state index contributed by atoms with van der Waals surface area (Å²) in [4.78, 5) is 13.9. The highest BCUT2D eigenvalue weighted by Gasteiger charge is 2.22. The monoisotopic (exact) mass is 434 g/mol. The Bertz CT molecular complexity index is 1130. The summed E-state index contributed by atoms with van der Waals surface area (Å²) in [5.74, 6) is 0.431. The van der Waals surface area contributed by atoms with Crippen molar-refractivity contribution < 1.29 is 9.53 Å². The Labute approximate surface area is 186 Å². The zero-order chi connectivity index (χ0) is 22.0. The van der Waals surface area contributed by atoms with Gasteiger partial charge in [-0.05, 0) is 60.4 Å². The van der Waals surface area contributed by atoms with Gasteiger partial charge in [0, 0.05) is 11.1 Å². The third-order valence-corrected chi connectivity index (χ3v) is 6.67. The number of hydrogen-bond acceptors (Lipinski definition) is 5. The van der Waals surface area contributed by atoms with Crippen molar-refractivity contribution in [2.75, 3.05) is 5.32 Å². The summed E-state index contributed by atoms with van der Waals surface area (Å²) in [6.45, 7) is 6.72. The van der Waals surface area contributed by atoms with Crippen LogP contribution in [0, 0.1) is 11.3 Å². The number of ether oxygens (including phenoxy) is 1. The highest BCUT2D eigenvalue weighted by molar-refractivity contribution is 7.16. The SMILES string of the molecule is CC(C)(C)c1ccc(OCn2ccc(C(=O)Nc3sc4c(c3C#N)CCCC4)n2)cc1. The number of nitrogens with zero attached hydrogens (tertiary/aromatic N) is 3. The van der Waals surface area contributed by atoms with Crippen LogP contribution in [0.4, 0.5) is 5.00 Å². The number of nitrogens with one attached hydrogen (secondary N) is 1. The number of anilines is 1. The molecule has 0 fully saturated rings. The molecule has 1 aliphatic carbocycles. The molecule has 2 heterocycles. The minimum atomic E-state index is -0.316. The van der Waals surface area contributed by atoms with Gasteiger partial charge in [-0.2, -0.15) is 10.4 Å². The number of nitriles is 1. The van der Waals surface area contributed by atoms with E-state index in [1.54, 1.807) is 16.9 Å². The average molecular weight is 435 g/mol. The van der Waals surface area contributed by atoms with Gasteiger partial charge >= 0.3 is 0 Å². The molecule has 0 atom stereocenters. The molecule has 31 heavy (non-hydrogen) atoms. The molecular weight excluding hydrogens is 408 g/mol. The molecule has 0 bridgehead atoms. The molecule has 0 spiro atoms. The maximum absolute atomic E-state index is 12.7. The number of thiophene rings is 1. The molecule has 0 radical (unpaired) electrons. The van der Waals surface area contributed by atoms with E-state index in [9.17, 15) is 10.1 Å². The van der Waals surface area contributed by atoms with E-state index in [0.717, 1.165) is 37.0 Å². The Morgan fingerprint density at radius 2 is 1.97 bits per heavy atom. The highest BCUT2D eigenvalue weighted by atomic mass is 32.1. The molecule has 7 heteroatoms. The second-order valence-electron chi connectivity index (χ2n) is 8.77. The third-order valence-electron chi connectivity index (χ3n) is 5.47. The fraction of sp³-hybridized carbons (Fsp3) is 0.375. The molecule has 0 saturated carbocycles. The lowest BCUT2D eigenvalue weighted by molar-refractivity contribution is 0.102. The molecule has 6 nitrogen and oxygen atoms in total. The molecule has 3 aromatic rings. The van der Waals surface area contributed by atoms with Crippen LogP contribution in [0.3, 0.4) is 0 Å². The Morgan fingerprint density at radius 3 is 2.68 bits per heavy atom. The minimum Gasteiger partial charge on any atom is -0.471 e. The van der Waals surface area contributed by atoms with E-state index < -0.39 is 0 Å². The number of aromatic nitrogens is 2. The molecule has 0 unspecified atom stereocenters. The zero-order valence-corrected chi connectivity index (χ0v) is 18.9. The molecule has 160 valence electrons. The van der Waals surface area contributed by atoms with Gasteiger partial charge in [-0.15, -0.1) is 11.3 Å². The van der Waals surface area contributed by atoms with Crippen molar-refractivity contribution in [2.24, 2.45) is 0 Å². The molecular formula is C24H26N4O2S. The fourth-order valence-corrected chi connectivity index (χ4v) is 4.92. The van der Waals surface area contributed by atoms with Crippen LogP contribution < -0.4 is 10.1 Å². The predicted octanol–water partition coefficient (Wildman–Crippen LogP) is 5.28. The van der Waals surface area contributed by atoms with Crippen molar-refractivity contribution in [1.29, 1.82) is 5.26 Å². The van der Waals surface area contributed by atoms with Crippen LogP contribution in [-0.4, -0.2) is 15.7 Å². The lowest BCUT2D eigenvalue weighted by atomic mass is 9.87. The quantitative estimate of drug-likeness (QED) is 0.592. The molecule has 2 aromatic heterocycles. The predicted molar refractivity (Wildman–Crippen MR) is 122 cm³/mol. The maximum atomic E-state index is 12.7. The van der Waals surface area contributed by atoms with Gasteiger partial charge in [-0.1, -0.05) is 32.9 Å². The van der Waals surface area contributed by atoms with E-state index in [1.165, 1.54) is 21.8 Å². The summed E-state index contributed by atoms with van der Waals surface area (Å²) in [6, 6.07) is 11.9. The topological polar surface area (TPSA) is 79.9 Å². The van der Waals surface area contributed by atoms with Crippen molar-refractivity contribution >= 4 is 22.2 Å². The number of benzene rings is 1.